The maximum absolute atomic E-state index is 12.5. The van der Waals surface area contributed by atoms with Gasteiger partial charge in [-0.05, 0) is 36.4 Å². The molecule has 0 aliphatic carbocycles. The predicted octanol–water partition coefficient (Wildman–Crippen LogP) is 2.46. The fraction of sp³-hybridized carbons (Fsp3) is 0.188. The lowest BCUT2D eigenvalue weighted by Gasteiger charge is -2.13. The molecule has 24 heavy (non-hydrogen) atoms. The highest BCUT2D eigenvalue weighted by Crippen LogP contribution is 2.31. The summed E-state index contributed by atoms with van der Waals surface area (Å²) in [7, 11) is -0.846. The van der Waals surface area contributed by atoms with Crippen molar-refractivity contribution in [3.63, 3.8) is 0 Å². The van der Waals surface area contributed by atoms with Crippen LogP contribution in [-0.4, -0.2) is 28.5 Å². The molecule has 1 amide bonds. The molecular formula is C16H18N2O5S. The number of methoxy groups -OCH3 is 2. The zero-order valence-corrected chi connectivity index (χ0v) is 14.3. The fourth-order valence-electron chi connectivity index (χ4n) is 2.01. The summed E-state index contributed by atoms with van der Waals surface area (Å²) in [6.07, 6.45) is 0. The van der Waals surface area contributed by atoms with E-state index in [0.717, 1.165) is 0 Å². The van der Waals surface area contributed by atoms with Crippen molar-refractivity contribution < 1.29 is 22.7 Å². The van der Waals surface area contributed by atoms with Crippen LogP contribution in [0.25, 0.3) is 0 Å². The second-order valence-corrected chi connectivity index (χ2v) is 6.56. The quantitative estimate of drug-likeness (QED) is 0.835. The van der Waals surface area contributed by atoms with Crippen LogP contribution in [0.4, 0.5) is 11.4 Å². The van der Waals surface area contributed by atoms with Gasteiger partial charge in [0, 0.05) is 18.7 Å². The van der Waals surface area contributed by atoms with Crippen LogP contribution in [0.1, 0.15) is 6.92 Å². The summed E-state index contributed by atoms with van der Waals surface area (Å²) >= 11 is 0. The molecule has 2 aromatic rings. The molecule has 0 aliphatic rings. The zero-order chi connectivity index (χ0) is 17.7. The van der Waals surface area contributed by atoms with Crippen LogP contribution in [-0.2, 0) is 14.8 Å². The molecule has 2 rings (SSSR count). The lowest BCUT2D eigenvalue weighted by molar-refractivity contribution is -0.114. The topological polar surface area (TPSA) is 93.7 Å². The second kappa shape index (κ2) is 7.22. The normalized spacial score (nSPS) is 10.8. The molecule has 0 spiro atoms. The molecular weight excluding hydrogens is 332 g/mol. The third kappa shape index (κ3) is 4.17. The van der Waals surface area contributed by atoms with Crippen LogP contribution in [0.5, 0.6) is 11.5 Å². The third-order valence-electron chi connectivity index (χ3n) is 3.14. The van der Waals surface area contributed by atoms with Crippen LogP contribution in [0, 0.1) is 0 Å². The van der Waals surface area contributed by atoms with E-state index < -0.39 is 10.0 Å². The van der Waals surface area contributed by atoms with Crippen molar-refractivity contribution >= 4 is 27.3 Å². The Kier molecular flexibility index (Phi) is 5.30. The first-order chi connectivity index (χ1) is 11.4. The van der Waals surface area contributed by atoms with E-state index in [1.165, 1.54) is 45.4 Å². The van der Waals surface area contributed by atoms with Gasteiger partial charge in [0.05, 0.1) is 24.8 Å². The molecule has 2 aromatic carbocycles. The van der Waals surface area contributed by atoms with Gasteiger partial charge in [0.15, 0.2) is 0 Å². The van der Waals surface area contributed by atoms with Crippen molar-refractivity contribution in [3.8, 4) is 11.5 Å². The Morgan fingerprint density at radius 2 is 1.67 bits per heavy atom. The number of nitrogens with one attached hydrogen (secondary N) is 2. The number of benzene rings is 2. The third-order valence-corrected chi connectivity index (χ3v) is 4.52. The van der Waals surface area contributed by atoms with Gasteiger partial charge in [-0.3, -0.25) is 9.52 Å². The van der Waals surface area contributed by atoms with E-state index in [1.807, 2.05) is 0 Å². The Labute approximate surface area is 140 Å². The standard InChI is InChI=1S/C16H18N2O5S/c1-11(19)17-12-4-7-14(8-5-12)24(20,21)18-15-9-6-13(22-2)10-16(15)23-3/h4-10,18H,1-3H3,(H,17,19). The van der Waals surface area contributed by atoms with Crippen molar-refractivity contribution in [1.29, 1.82) is 0 Å². The SMILES string of the molecule is COc1ccc(NS(=O)(=O)c2ccc(NC(C)=O)cc2)c(OC)c1. The molecule has 7 nitrogen and oxygen atoms in total. The fourth-order valence-corrected chi connectivity index (χ4v) is 3.08. The maximum atomic E-state index is 12.5. The van der Waals surface area contributed by atoms with E-state index in [2.05, 4.69) is 10.0 Å². The van der Waals surface area contributed by atoms with E-state index in [0.29, 0.717) is 22.9 Å². The number of carbonyl (C=O) groups is 1. The van der Waals surface area contributed by atoms with E-state index in [1.54, 1.807) is 18.2 Å². The molecule has 0 saturated heterocycles. The van der Waals surface area contributed by atoms with Gasteiger partial charge in [-0.1, -0.05) is 0 Å². The minimum Gasteiger partial charge on any atom is -0.497 e. The predicted molar refractivity (Wildman–Crippen MR) is 91.1 cm³/mol. The van der Waals surface area contributed by atoms with Gasteiger partial charge in [-0.2, -0.15) is 0 Å². The number of hydrogen-bond donors (Lipinski definition) is 2. The number of anilines is 2. The monoisotopic (exact) mass is 350 g/mol. The first kappa shape index (κ1) is 17.6. The number of rotatable bonds is 6. The van der Waals surface area contributed by atoms with Crippen molar-refractivity contribution in [3.05, 3.63) is 42.5 Å². The Hall–Kier alpha value is -2.74. The number of carbonyl (C=O) groups excluding carboxylic acids is 1. The lowest BCUT2D eigenvalue weighted by Crippen LogP contribution is -2.14. The molecule has 0 atom stereocenters. The highest BCUT2D eigenvalue weighted by molar-refractivity contribution is 7.92. The number of amides is 1. The van der Waals surface area contributed by atoms with Gasteiger partial charge in [0.2, 0.25) is 5.91 Å². The number of hydrogen-bond acceptors (Lipinski definition) is 5. The van der Waals surface area contributed by atoms with Crippen molar-refractivity contribution in [2.24, 2.45) is 0 Å². The molecule has 0 aliphatic heterocycles. The molecule has 2 N–H and O–H groups in total. The molecule has 0 radical (unpaired) electrons. The summed E-state index contributed by atoms with van der Waals surface area (Å²) in [6.45, 7) is 1.38. The summed E-state index contributed by atoms with van der Waals surface area (Å²) in [5.41, 5.74) is 0.813. The molecule has 0 heterocycles. The Balaban J connectivity index is 2.26. The summed E-state index contributed by atoms with van der Waals surface area (Å²) in [4.78, 5) is 11.1. The van der Waals surface area contributed by atoms with Crippen LogP contribution < -0.4 is 19.5 Å². The Morgan fingerprint density at radius 1 is 1.00 bits per heavy atom. The van der Waals surface area contributed by atoms with Crippen LogP contribution in [0.3, 0.4) is 0 Å². The summed E-state index contributed by atoms with van der Waals surface area (Å²) in [5, 5.41) is 2.58. The first-order valence-electron chi connectivity index (χ1n) is 6.98. The Morgan fingerprint density at radius 3 is 2.21 bits per heavy atom. The molecule has 0 bridgehead atoms. The molecule has 8 heteroatoms. The molecule has 0 aromatic heterocycles. The van der Waals surface area contributed by atoms with Gasteiger partial charge < -0.3 is 14.8 Å². The van der Waals surface area contributed by atoms with Gasteiger partial charge in [0.25, 0.3) is 10.0 Å². The van der Waals surface area contributed by atoms with E-state index in [9.17, 15) is 13.2 Å². The number of sulfonamides is 1. The minimum atomic E-state index is -3.79. The number of ether oxygens (including phenoxy) is 2. The lowest BCUT2D eigenvalue weighted by atomic mass is 10.3. The smallest absolute Gasteiger partial charge is 0.262 e. The molecule has 0 unspecified atom stereocenters. The van der Waals surface area contributed by atoms with Gasteiger partial charge in [-0.15, -0.1) is 0 Å². The van der Waals surface area contributed by atoms with Gasteiger partial charge in [0.1, 0.15) is 11.5 Å². The van der Waals surface area contributed by atoms with Crippen LogP contribution >= 0.6 is 0 Å². The molecule has 0 fully saturated rings. The van der Waals surface area contributed by atoms with E-state index >= 15 is 0 Å². The second-order valence-electron chi connectivity index (χ2n) is 4.88. The average molecular weight is 350 g/mol. The summed E-state index contributed by atoms with van der Waals surface area (Å²) in [5.74, 6) is 0.661. The van der Waals surface area contributed by atoms with Crippen molar-refractivity contribution in [1.82, 2.24) is 0 Å². The van der Waals surface area contributed by atoms with E-state index in [-0.39, 0.29) is 10.8 Å². The van der Waals surface area contributed by atoms with Gasteiger partial charge in [-0.25, -0.2) is 8.42 Å². The maximum Gasteiger partial charge on any atom is 0.262 e. The largest absolute Gasteiger partial charge is 0.497 e. The average Bonchev–Trinajstić information content (AvgIpc) is 2.55. The van der Waals surface area contributed by atoms with E-state index in [4.69, 9.17) is 9.47 Å². The summed E-state index contributed by atoms with van der Waals surface area (Å²) in [6, 6.07) is 10.6. The van der Waals surface area contributed by atoms with Gasteiger partial charge >= 0.3 is 0 Å². The van der Waals surface area contributed by atoms with Crippen LogP contribution in [0.15, 0.2) is 47.4 Å². The van der Waals surface area contributed by atoms with Crippen molar-refractivity contribution in [2.75, 3.05) is 24.3 Å². The molecule has 128 valence electrons. The first-order valence-corrected chi connectivity index (χ1v) is 8.46. The molecule has 0 saturated carbocycles. The minimum absolute atomic E-state index is 0.0643. The highest BCUT2D eigenvalue weighted by Gasteiger charge is 2.17. The highest BCUT2D eigenvalue weighted by atomic mass is 32.2. The Bertz CT molecular complexity index is 832. The van der Waals surface area contributed by atoms with Crippen molar-refractivity contribution in [2.45, 2.75) is 11.8 Å². The zero-order valence-electron chi connectivity index (χ0n) is 13.5. The van der Waals surface area contributed by atoms with Crippen LogP contribution in [0.2, 0.25) is 0 Å². The summed E-state index contributed by atoms with van der Waals surface area (Å²) < 4.78 is 37.7.